The summed E-state index contributed by atoms with van der Waals surface area (Å²) < 4.78 is 0. The second-order valence-electron chi connectivity index (χ2n) is 13.7. The molecule has 0 saturated carbocycles. The molecule has 0 bridgehead atoms. The summed E-state index contributed by atoms with van der Waals surface area (Å²) in [5, 5.41) is 14.6. The maximum Gasteiger partial charge on any atom is 0.0159 e. The van der Waals surface area contributed by atoms with Crippen LogP contribution in [-0.4, -0.2) is 0 Å². The van der Waals surface area contributed by atoms with Crippen LogP contribution >= 0.6 is 0 Å². The van der Waals surface area contributed by atoms with Gasteiger partial charge in [0.25, 0.3) is 0 Å². The van der Waals surface area contributed by atoms with Gasteiger partial charge in [-0.25, -0.2) is 0 Å². The van der Waals surface area contributed by atoms with E-state index in [1.807, 2.05) is 0 Å². The Hall–Kier alpha value is -5.46. The highest BCUT2D eigenvalue weighted by Crippen LogP contribution is 2.51. The molecule has 0 heteroatoms. The van der Waals surface area contributed by atoms with E-state index in [2.05, 4.69) is 160 Å². The second kappa shape index (κ2) is 9.05. The average Bonchev–Trinajstić information content (AvgIpc) is 3.32. The summed E-state index contributed by atoms with van der Waals surface area (Å²) in [5.74, 6) is 0. The molecule has 0 nitrogen and oxygen atoms in total. The molecule has 1 aliphatic carbocycles. The smallest absolute Gasteiger partial charge is 0.0159 e. The Morgan fingerprint density at radius 3 is 1.74 bits per heavy atom. The standard InChI is InChI=1S/C46H32/c1-27(35-20-15-29-8-4-7-28-11-6-12-39(35)43(28)29)33-18-22-37-38-23-19-34(26-42(38)46(2,3)41(37)25-33)36-21-16-32-14-13-30-9-5-10-31-17-24-40(36)45(32)44(30)31/h4-26H,1-3H3/b35-27+. The molecule has 216 valence electrons. The Labute approximate surface area is 268 Å². The predicted molar refractivity (Wildman–Crippen MR) is 198 cm³/mol. The van der Waals surface area contributed by atoms with Crippen LogP contribution in [0.5, 0.6) is 0 Å². The molecule has 46 heavy (non-hydrogen) atoms. The van der Waals surface area contributed by atoms with Crippen LogP contribution in [0.2, 0.25) is 0 Å². The number of fused-ring (bicyclic) bond motifs is 3. The lowest BCUT2D eigenvalue weighted by Crippen LogP contribution is -2.15. The fraction of sp³-hybridized carbons (Fsp3) is 0.0870. The molecule has 1 aliphatic rings. The van der Waals surface area contributed by atoms with Crippen molar-refractivity contribution in [1.29, 1.82) is 0 Å². The second-order valence-corrected chi connectivity index (χ2v) is 13.7. The zero-order valence-corrected chi connectivity index (χ0v) is 26.3. The molecule has 9 aromatic carbocycles. The van der Waals surface area contributed by atoms with Gasteiger partial charge in [-0.15, -0.1) is 0 Å². The molecule has 10 rings (SSSR count). The van der Waals surface area contributed by atoms with Crippen molar-refractivity contribution in [2.75, 3.05) is 0 Å². The zero-order chi connectivity index (χ0) is 30.7. The number of benzene rings is 9. The number of hydrogen-bond acceptors (Lipinski definition) is 0. The summed E-state index contributed by atoms with van der Waals surface area (Å²) in [6.45, 7) is 7.08. The first-order valence-electron chi connectivity index (χ1n) is 16.4. The molecule has 0 N–H and O–H groups in total. The molecule has 0 atom stereocenters. The first-order valence-corrected chi connectivity index (χ1v) is 16.4. The van der Waals surface area contributed by atoms with Crippen molar-refractivity contribution in [3.8, 4) is 22.3 Å². The minimum absolute atomic E-state index is 0.111. The lowest BCUT2D eigenvalue weighted by Gasteiger charge is -2.23. The van der Waals surface area contributed by atoms with E-state index in [-0.39, 0.29) is 5.41 Å². The van der Waals surface area contributed by atoms with E-state index in [1.165, 1.54) is 104 Å². The topological polar surface area (TPSA) is 0 Å². The molecule has 9 aromatic rings. The van der Waals surface area contributed by atoms with Gasteiger partial charge in [-0.3, -0.25) is 0 Å². The first-order chi connectivity index (χ1) is 22.5. The van der Waals surface area contributed by atoms with Gasteiger partial charge in [0.15, 0.2) is 0 Å². The monoisotopic (exact) mass is 584 g/mol. The lowest BCUT2D eigenvalue weighted by atomic mass is 9.80. The van der Waals surface area contributed by atoms with E-state index >= 15 is 0 Å². The zero-order valence-electron chi connectivity index (χ0n) is 26.3. The van der Waals surface area contributed by atoms with Crippen LogP contribution < -0.4 is 5.22 Å². The van der Waals surface area contributed by atoms with Gasteiger partial charge in [-0.2, -0.15) is 0 Å². The van der Waals surface area contributed by atoms with Gasteiger partial charge in [-0.05, 0) is 123 Å². The van der Waals surface area contributed by atoms with Crippen LogP contribution in [-0.2, 0) is 5.41 Å². The van der Waals surface area contributed by atoms with Crippen LogP contribution in [0.3, 0.4) is 0 Å². The average molecular weight is 585 g/mol. The molecule has 0 radical (unpaired) electrons. The summed E-state index contributed by atoms with van der Waals surface area (Å²) in [6, 6.07) is 52.6. The summed E-state index contributed by atoms with van der Waals surface area (Å²) in [6.07, 6.45) is 0. The molecule has 0 fully saturated rings. The predicted octanol–water partition coefficient (Wildman–Crippen LogP) is 11.8. The fourth-order valence-electron chi connectivity index (χ4n) is 8.60. The fourth-order valence-corrected chi connectivity index (χ4v) is 8.60. The van der Waals surface area contributed by atoms with Crippen LogP contribution in [0, 0.1) is 0 Å². The third-order valence-electron chi connectivity index (χ3n) is 11.0. The van der Waals surface area contributed by atoms with Crippen LogP contribution in [0.4, 0.5) is 0 Å². The van der Waals surface area contributed by atoms with Crippen molar-refractivity contribution < 1.29 is 0 Å². The molecule has 0 aliphatic heterocycles. The Balaban J connectivity index is 1.13. The van der Waals surface area contributed by atoms with Gasteiger partial charge >= 0.3 is 0 Å². The minimum Gasteiger partial charge on any atom is -0.0610 e. The van der Waals surface area contributed by atoms with Crippen molar-refractivity contribution in [1.82, 2.24) is 0 Å². The van der Waals surface area contributed by atoms with Crippen molar-refractivity contribution in [3.63, 3.8) is 0 Å². The summed E-state index contributed by atoms with van der Waals surface area (Å²) in [5.41, 5.74) is 10.6. The quantitative estimate of drug-likeness (QED) is 0.177. The largest absolute Gasteiger partial charge is 0.0610 e. The highest BCUT2D eigenvalue weighted by Gasteiger charge is 2.36. The molecule has 0 aromatic heterocycles. The van der Waals surface area contributed by atoms with E-state index in [0.29, 0.717) is 0 Å². The molecule has 0 heterocycles. The van der Waals surface area contributed by atoms with Gasteiger partial charge in [0.05, 0.1) is 0 Å². The molecular formula is C46H32. The molecule has 0 saturated heterocycles. The van der Waals surface area contributed by atoms with Gasteiger partial charge in [0, 0.05) is 5.41 Å². The van der Waals surface area contributed by atoms with Gasteiger partial charge in [0.1, 0.15) is 0 Å². The van der Waals surface area contributed by atoms with E-state index in [1.54, 1.807) is 0 Å². The van der Waals surface area contributed by atoms with Crippen molar-refractivity contribution in [2.24, 2.45) is 0 Å². The molecule has 0 amide bonds. The Morgan fingerprint density at radius 1 is 0.435 bits per heavy atom. The van der Waals surface area contributed by atoms with E-state index in [9.17, 15) is 0 Å². The SMILES string of the molecule is C/C(c1ccc2c(c1)C(C)(C)c1cc(-c3ccc4ccc5cccc6ccc3c4c56)ccc1-2)=c1/ccc2cccc3cccc1c32. The van der Waals surface area contributed by atoms with Crippen molar-refractivity contribution in [3.05, 3.63) is 161 Å². The number of rotatable bonds is 2. The Morgan fingerprint density at radius 2 is 0.978 bits per heavy atom. The summed E-state index contributed by atoms with van der Waals surface area (Å²) >= 11 is 0. The number of hydrogen-bond donors (Lipinski definition) is 0. The first kappa shape index (κ1) is 25.8. The van der Waals surface area contributed by atoms with Crippen LogP contribution in [0.15, 0.2) is 140 Å². The van der Waals surface area contributed by atoms with Crippen molar-refractivity contribution >= 4 is 59.4 Å². The Kier molecular flexibility index (Phi) is 5.08. The minimum atomic E-state index is -0.111. The summed E-state index contributed by atoms with van der Waals surface area (Å²) in [4.78, 5) is 0. The van der Waals surface area contributed by atoms with Gasteiger partial charge in [-0.1, -0.05) is 141 Å². The normalized spacial score (nSPS) is 14.5. The van der Waals surface area contributed by atoms with E-state index < -0.39 is 0 Å². The van der Waals surface area contributed by atoms with Crippen LogP contribution in [0.1, 0.15) is 37.5 Å². The molecule has 0 spiro atoms. The van der Waals surface area contributed by atoms with E-state index in [0.717, 1.165) is 0 Å². The molecule has 0 unspecified atom stereocenters. The maximum absolute atomic E-state index is 2.47. The third kappa shape index (κ3) is 3.39. The van der Waals surface area contributed by atoms with Gasteiger partial charge in [0.2, 0.25) is 0 Å². The highest BCUT2D eigenvalue weighted by atomic mass is 14.4. The lowest BCUT2D eigenvalue weighted by molar-refractivity contribution is 0.660. The molecular weight excluding hydrogens is 553 g/mol. The van der Waals surface area contributed by atoms with Crippen molar-refractivity contribution in [2.45, 2.75) is 26.2 Å². The van der Waals surface area contributed by atoms with Crippen LogP contribution in [0.25, 0.3) is 81.7 Å². The highest BCUT2D eigenvalue weighted by molar-refractivity contribution is 6.25. The summed E-state index contributed by atoms with van der Waals surface area (Å²) in [7, 11) is 0. The third-order valence-corrected chi connectivity index (χ3v) is 11.0. The van der Waals surface area contributed by atoms with Gasteiger partial charge < -0.3 is 0 Å². The van der Waals surface area contributed by atoms with E-state index in [4.69, 9.17) is 0 Å². The maximum atomic E-state index is 2.47. The Bertz CT molecular complexity index is 2740.